The van der Waals surface area contributed by atoms with E-state index < -0.39 is 0 Å². The molecule has 1 saturated carbocycles. The number of aromatic amines is 1. The van der Waals surface area contributed by atoms with E-state index in [-0.39, 0.29) is 23.7 Å². The molecule has 126 valence electrons. The lowest BCUT2D eigenvalue weighted by atomic mass is 9.97. The van der Waals surface area contributed by atoms with Crippen molar-refractivity contribution < 1.29 is 9.53 Å². The molecule has 2 aromatic rings. The number of H-pyrrole nitrogens is 1. The summed E-state index contributed by atoms with van der Waals surface area (Å²) >= 11 is 0. The Labute approximate surface area is 141 Å². The van der Waals surface area contributed by atoms with E-state index >= 15 is 0 Å². The Balaban J connectivity index is 1.61. The highest BCUT2D eigenvalue weighted by Gasteiger charge is 2.47. The lowest BCUT2D eigenvalue weighted by molar-refractivity contribution is -0.00697. The van der Waals surface area contributed by atoms with Gasteiger partial charge in [-0.25, -0.2) is 0 Å². The molecule has 2 atom stereocenters. The summed E-state index contributed by atoms with van der Waals surface area (Å²) in [5, 5.41) is 10.5. The number of carbonyl (C=O) groups is 1. The Morgan fingerprint density at radius 2 is 2.08 bits per heavy atom. The summed E-state index contributed by atoms with van der Waals surface area (Å²) in [5.41, 5.74) is 4.66. The topological polar surface area (TPSA) is 67.0 Å². The van der Waals surface area contributed by atoms with Crippen LogP contribution >= 0.6 is 0 Å². The number of aromatic nitrogens is 2. The molecular formula is C19H23N3O2. The molecule has 2 N–H and O–H groups in total. The predicted molar refractivity (Wildman–Crippen MR) is 90.8 cm³/mol. The molecule has 2 aliphatic rings. The van der Waals surface area contributed by atoms with E-state index in [2.05, 4.69) is 34.6 Å². The van der Waals surface area contributed by atoms with Gasteiger partial charge in [0.1, 0.15) is 0 Å². The molecule has 1 aromatic heterocycles. The molecule has 0 unspecified atom stereocenters. The monoisotopic (exact) mass is 325 g/mol. The van der Waals surface area contributed by atoms with E-state index in [0.29, 0.717) is 5.69 Å². The van der Waals surface area contributed by atoms with Crippen LogP contribution in [0.1, 0.15) is 65.7 Å². The Bertz CT molecular complexity index is 792. The van der Waals surface area contributed by atoms with Gasteiger partial charge in [-0.3, -0.25) is 9.89 Å². The molecule has 0 spiro atoms. The number of benzene rings is 1. The van der Waals surface area contributed by atoms with Gasteiger partial charge in [-0.05, 0) is 44.7 Å². The maximum absolute atomic E-state index is 12.9. The van der Waals surface area contributed by atoms with Gasteiger partial charge in [0.05, 0.1) is 23.4 Å². The molecule has 0 bridgehead atoms. The van der Waals surface area contributed by atoms with Gasteiger partial charge in [0.15, 0.2) is 5.69 Å². The van der Waals surface area contributed by atoms with Gasteiger partial charge < -0.3 is 10.1 Å². The molecule has 5 nitrogen and oxygen atoms in total. The first kappa shape index (κ1) is 15.4. The number of fused-ring (bicyclic) bond motifs is 1. The van der Waals surface area contributed by atoms with Crippen LogP contribution < -0.4 is 5.32 Å². The number of rotatable bonds is 3. The number of ether oxygens (including phenoxy) is 1. The van der Waals surface area contributed by atoms with E-state index in [1.54, 1.807) is 0 Å². The standard InChI is InChI=1S/C19H23N3O2/c1-11-6-4-5-7-15(11)19(8-9-19)20-18(23)17-14-10-12(2)24-13(3)16(14)21-22-17/h4-7,12-13H,8-10H2,1-3H3,(H,20,23)(H,21,22)/t12-,13+/m1/s1. The van der Waals surface area contributed by atoms with Crippen LogP contribution in [-0.2, 0) is 16.7 Å². The molecule has 1 aromatic carbocycles. The van der Waals surface area contributed by atoms with E-state index in [4.69, 9.17) is 4.74 Å². The van der Waals surface area contributed by atoms with Gasteiger partial charge in [0, 0.05) is 12.0 Å². The lowest BCUT2D eigenvalue weighted by Crippen LogP contribution is -2.36. The zero-order chi connectivity index (χ0) is 16.9. The minimum Gasteiger partial charge on any atom is -0.369 e. The van der Waals surface area contributed by atoms with Crippen molar-refractivity contribution in [2.75, 3.05) is 0 Å². The zero-order valence-electron chi connectivity index (χ0n) is 14.3. The minimum atomic E-state index is -0.226. The average molecular weight is 325 g/mol. The van der Waals surface area contributed by atoms with E-state index in [9.17, 15) is 4.79 Å². The summed E-state index contributed by atoms with van der Waals surface area (Å²) in [7, 11) is 0. The molecule has 1 aliphatic carbocycles. The molecule has 1 aliphatic heterocycles. The highest BCUT2D eigenvalue weighted by Crippen LogP contribution is 2.47. The largest absolute Gasteiger partial charge is 0.369 e. The SMILES string of the molecule is Cc1ccccc1C1(NC(=O)c2n[nH]c3c2C[C@@H](C)O[C@H]3C)CC1. The summed E-state index contributed by atoms with van der Waals surface area (Å²) in [5.74, 6) is -0.0884. The van der Waals surface area contributed by atoms with Gasteiger partial charge in [-0.1, -0.05) is 24.3 Å². The third kappa shape index (κ3) is 2.44. The number of carbonyl (C=O) groups excluding carboxylic acids is 1. The Morgan fingerprint density at radius 3 is 2.79 bits per heavy atom. The van der Waals surface area contributed by atoms with Crippen molar-refractivity contribution in [3.8, 4) is 0 Å². The smallest absolute Gasteiger partial charge is 0.272 e. The Hall–Kier alpha value is -2.14. The van der Waals surface area contributed by atoms with Gasteiger partial charge in [0.25, 0.3) is 5.91 Å². The van der Waals surface area contributed by atoms with Crippen LogP contribution in [0.5, 0.6) is 0 Å². The van der Waals surface area contributed by atoms with Crippen molar-refractivity contribution in [2.24, 2.45) is 0 Å². The van der Waals surface area contributed by atoms with Crippen molar-refractivity contribution in [3.63, 3.8) is 0 Å². The van der Waals surface area contributed by atoms with Crippen molar-refractivity contribution in [1.29, 1.82) is 0 Å². The van der Waals surface area contributed by atoms with Crippen molar-refractivity contribution in [2.45, 2.75) is 57.8 Å². The molecule has 0 radical (unpaired) electrons. The molecule has 1 fully saturated rings. The Morgan fingerprint density at radius 1 is 1.33 bits per heavy atom. The lowest BCUT2D eigenvalue weighted by Gasteiger charge is -2.25. The molecular weight excluding hydrogens is 302 g/mol. The fraction of sp³-hybridized carbons (Fsp3) is 0.474. The van der Waals surface area contributed by atoms with Crippen LogP contribution in [0.2, 0.25) is 0 Å². The summed E-state index contributed by atoms with van der Waals surface area (Å²) < 4.78 is 5.80. The number of hydrogen-bond acceptors (Lipinski definition) is 3. The summed E-state index contributed by atoms with van der Waals surface area (Å²) in [6.07, 6.45) is 2.72. The predicted octanol–water partition coefficient (Wildman–Crippen LogP) is 3.16. The fourth-order valence-electron chi connectivity index (χ4n) is 3.83. The quantitative estimate of drug-likeness (QED) is 0.911. The first-order chi connectivity index (χ1) is 11.5. The van der Waals surface area contributed by atoms with Crippen LogP contribution in [0.15, 0.2) is 24.3 Å². The summed E-state index contributed by atoms with van der Waals surface area (Å²) in [6.45, 7) is 6.12. The third-order valence-corrected chi connectivity index (χ3v) is 5.21. The number of nitrogens with zero attached hydrogens (tertiary/aromatic N) is 1. The van der Waals surface area contributed by atoms with Gasteiger partial charge in [0.2, 0.25) is 0 Å². The second kappa shape index (κ2) is 5.45. The van der Waals surface area contributed by atoms with Crippen LogP contribution in [0.3, 0.4) is 0 Å². The van der Waals surface area contributed by atoms with Gasteiger partial charge in [-0.2, -0.15) is 5.10 Å². The highest BCUT2D eigenvalue weighted by molar-refractivity contribution is 5.95. The Kier molecular flexibility index (Phi) is 3.49. The van der Waals surface area contributed by atoms with Crippen molar-refractivity contribution >= 4 is 5.91 Å². The second-order valence-corrected chi connectivity index (χ2v) is 7.11. The first-order valence-electron chi connectivity index (χ1n) is 8.61. The normalized spacial score (nSPS) is 24.3. The molecule has 1 amide bonds. The van der Waals surface area contributed by atoms with E-state index in [1.807, 2.05) is 26.0 Å². The van der Waals surface area contributed by atoms with Crippen LogP contribution in [0, 0.1) is 6.92 Å². The van der Waals surface area contributed by atoms with Crippen molar-refractivity contribution in [1.82, 2.24) is 15.5 Å². The molecule has 4 rings (SSSR count). The number of hydrogen-bond donors (Lipinski definition) is 2. The summed E-state index contributed by atoms with van der Waals surface area (Å²) in [4.78, 5) is 12.9. The van der Waals surface area contributed by atoms with Gasteiger partial charge >= 0.3 is 0 Å². The molecule has 0 saturated heterocycles. The second-order valence-electron chi connectivity index (χ2n) is 7.11. The highest BCUT2D eigenvalue weighted by atomic mass is 16.5. The number of amides is 1. The summed E-state index contributed by atoms with van der Waals surface area (Å²) in [6, 6.07) is 8.27. The van der Waals surface area contributed by atoms with E-state index in [0.717, 1.165) is 30.5 Å². The minimum absolute atomic E-state index is 0.0518. The zero-order valence-corrected chi connectivity index (χ0v) is 14.3. The first-order valence-corrected chi connectivity index (χ1v) is 8.61. The third-order valence-electron chi connectivity index (χ3n) is 5.21. The molecule has 24 heavy (non-hydrogen) atoms. The maximum Gasteiger partial charge on any atom is 0.272 e. The number of aryl methyl sites for hydroxylation is 1. The van der Waals surface area contributed by atoms with E-state index in [1.165, 1.54) is 11.1 Å². The van der Waals surface area contributed by atoms with Crippen LogP contribution in [0.4, 0.5) is 0 Å². The van der Waals surface area contributed by atoms with Crippen molar-refractivity contribution in [3.05, 3.63) is 52.3 Å². The fourth-order valence-corrected chi connectivity index (χ4v) is 3.83. The average Bonchev–Trinajstić information content (AvgIpc) is 3.17. The van der Waals surface area contributed by atoms with Gasteiger partial charge in [-0.15, -0.1) is 0 Å². The number of nitrogens with one attached hydrogen (secondary N) is 2. The molecule has 5 heteroatoms. The maximum atomic E-state index is 12.9. The molecule has 2 heterocycles. The van der Waals surface area contributed by atoms with Crippen LogP contribution in [-0.4, -0.2) is 22.2 Å². The van der Waals surface area contributed by atoms with Crippen LogP contribution in [0.25, 0.3) is 0 Å².